The van der Waals surface area contributed by atoms with Crippen molar-refractivity contribution in [2.45, 2.75) is 38.1 Å². The number of ether oxygens (including phenoxy) is 1. The Bertz CT molecular complexity index is 545. The average Bonchev–Trinajstić information content (AvgIpc) is 2.91. The summed E-state index contributed by atoms with van der Waals surface area (Å²) in [5.74, 6) is -0.102. The predicted molar refractivity (Wildman–Crippen MR) is 78.7 cm³/mol. The molecule has 0 aliphatic carbocycles. The van der Waals surface area contributed by atoms with E-state index in [9.17, 15) is 4.79 Å². The van der Waals surface area contributed by atoms with Crippen LogP contribution in [0.2, 0.25) is 0 Å². The zero-order valence-electron chi connectivity index (χ0n) is 12.6. The molecule has 5 nitrogen and oxygen atoms in total. The molecule has 112 valence electrons. The van der Waals surface area contributed by atoms with Gasteiger partial charge in [0.15, 0.2) is 0 Å². The highest BCUT2D eigenvalue weighted by molar-refractivity contribution is 5.93. The van der Waals surface area contributed by atoms with E-state index in [2.05, 4.69) is 11.9 Å². The third kappa shape index (κ3) is 3.06. The first-order valence-corrected chi connectivity index (χ1v) is 7.34. The molecule has 0 saturated carbocycles. The van der Waals surface area contributed by atoms with E-state index in [0.717, 1.165) is 32.2 Å². The molecule has 0 spiro atoms. The molecule has 1 amide bonds. The highest BCUT2D eigenvalue weighted by Gasteiger charge is 2.43. The molecule has 5 heteroatoms. The lowest BCUT2D eigenvalue weighted by Crippen LogP contribution is -2.50. The van der Waals surface area contributed by atoms with Crippen LogP contribution in [0.25, 0.3) is 0 Å². The van der Waals surface area contributed by atoms with Crippen LogP contribution in [0.4, 0.5) is 0 Å². The van der Waals surface area contributed by atoms with Crippen molar-refractivity contribution in [1.82, 2.24) is 9.88 Å². The summed E-state index contributed by atoms with van der Waals surface area (Å²) in [5.41, 5.74) is 0.568. The van der Waals surface area contributed by atoms with Crippen LogP contribution in [0.3, 0.4) is 0 Å². The van der Waals surface area contributed by atoms with Gasteiger partial charge in [0, 0.05) is 19.9 Å². The Morgan fingerprint density at radius 1 is 1.62 bits per heavy atom. The molecule has 1 aliphatic rings. The van der Waals surface area contributed by atoms with E-state index in [-0.39, 0.29) is 11.4 Å². The molecule has 0 radical (unpaired) electrons. The summed E-state index contributed by atoms with van der Waals surface area (Å²) in [4.78, 5) is 18.8. The van der Waals surface area contributed by atoms with Crippen LogP contribution >= 0.6 is 0 Å². The van der Waals surface area contributed by atoms with Gasteiger partial charge < -0.3 is 9.64 Å². The van der Waals surface area contributed by atoms with Gasteiger partial charge in [-0.05, 0) is 31.4 Å². The molecule has 1 aliphatic heterocycles. The molecule has 1 unspecified atom stereocenters. The largest absolute Gasteiger partial charge is 0.382 e. The van der Waals surface area contributed by atoms with Crippen molar-refractivity contribution in [2.75, 3.05) is 20.3 Å². The Kier molecular flexibility index (Phi) is 4.92. The third-order valence-electron chi connectivity index (χ3n) is 4.08. The number of nitrogens with zero attached hydrogens (tertiary/aromatic N) is 3. The maximum atomic E-state index is 12.8. The highest BCUT2D eigenvalue weighted by atomic mass is 16.5. The van der Waals surface area contributed by atoms with Crippen LogP contribution in [-0.2, 0) is 4.74 Å². The van der Waals surface area contributed by atoms with Gasteiger partial charge in [-0.3, -0.25) is 9.78 Å². The number of carbonyl (C=O) groups excluding carboxylic acids is 1. The summed E-state index contributed by atoms with van der Waals surface area (Å²) >= 11 is 0. The van der Waals surface area contributed by atoms with Gasteiger partial charge in [0.25, 0.3) is 5.91 Å². The molecule has 21 heavy (non-hydrogen) atoms. The summed E-state index contributed by atoms with van der Waals surface area (Å²) in [6, 6.07) is 5.21. The van der Waals surface area contributed by atoms with Crippen molar-refractivity contribution < 1.29 is 9.53 Å². The Labute approximate surface area is 125 Å². The number of carbonyl (C=O) groups is 1. The Hall–Kier alpha value is -1.93. The molecule has 1 aromatic rings. The maximum Gasteiger partial charge on any atom is 0.273 e. The Morgan fingerprint density at radius 3 is 3.10 bits per heavy atom. The minimum Gasteiger partial charge on any atom is -0.382 e. The minimum absolute atomic E-state index is 0.102. The minimum atomic E-state index is -0.231. The molecule has 1 aromatic heterocycles. The van der Waals surface area contributed by atoms with Crippen LogP contribution in [0, 0.1) is 11.3 Å². The fourth-order valence-electron chi connectivity index (χ4n) is 3.23. The lowest BCUT2D eigenvalue weighted by molar-refractivity contribution is 0.0250. The molecule has 0 aromatic carbocycles. The van der Waals surface area contributed by atoms with E-state index >= 15 is 0 Å². The van der Waals surface area contributed by atoms with Crippen molar-refractivity contribution >= 4 is 5.91 Å². The molecule has 1 saturated heterocycles. The van der Waals surface area contributed by atoms with Crippen molar-refractivity contribution in [3.05, 3.63) is 29.6 Å². The van der Waals surface area contributed by atoms with E-state index in [1.165, 1.54) is 6.20 Å². The second-order valence-corrected chi connectivity index (χ2v) is 5.51. The van der Waals surface area contributed by atoms with Crippen molar-refractivity contribution in [3.8, 4) is 6.07 Å². The lowest BCUT2D eigenvalue weighted by atomic mass is 9.91. The maximum absolute atomic E-state index is 12.8. The average molecular weight is 287 g/mol. The second kappa shape index (κ2) is 6.68. The van der Waals surface area contributed by atoms with E-state index in [0.29, 0.717) is 17.9 Å². The van der Waals surface area contributed by atoms with Crippen LogP contribution in [-0.4, -0.2) is 41.6 Å². The van der Waals surface area contributed by atoms with Crippen LogP contribution in [0.5, 0.6) is 0 Å². The molecule has 1 atom stereocenters. The monoisotopic (exact) mass is 287 g/mol. The normalized spacial score (nSPS) is 21.3. The van der Waals surface area contributed by atoms with E-state index in [4.69, 9.17) is 10.00 Å². The van der Waals surface area contributed by atoms with Crippen LogP contribution in [0.15, 0.2) is 18.3 Å². The number of nitriles is 1. The van der Waals surface area contributed by atoms with Gasteiger partial charge in [-0.2, -0.15) is 5.26 Å². The first-order valence-electron chi connectivity index (χ1n) is 7.34. The molecule has 1 fully saturated rings. The standard InChI is InChI=1S/C16H21N3O2/c1-3-6-16(12-21-2)7-4-9-19(16)15(20)14-10-13(11-17)5-8-18-14/h5,8,10H,3-4,6-7,9,12H2,1-2H3. The first kappa shape index (κ1) is 15.5. The molecular formula is C16H21N3O2. The van der Waals surface area contributed by atoms with Gasteiger partial charge in [-0.1, -0.05) is 13.3 Å². The van der Waals surface area contributed by atoms with Gasteiger partial charge in [-0.25, -0.2) is 0 Å². The summed E-state index contributed by atoms with van der Waals surface area (Å²) in [7, 11) is 1.67. The molecule has 2 rings (SSSR count). The summed E-state index contributed by atoms with van der Waals surface area (Å²) in [6.45, 7) is 3.39. The summed E-state index contributed by atoms with van der Waals surface area (Å²) < 4.78 is 5.38. The number of methoxy groups -OCH3 is 1. The first-order chi connectivity index (χ1) is 10.2. The number of aromatic nitrogens is 1. The SMILES string of the molecule is CCCC1(COC)CCCN1C(=O)c1cc(C#N)ccn1. The van der Waals surface area contributed by atoms with Gasteiger partial charge in [-0.15, -0.1) is 0 Å². The quantitative estimate of drug-likeness (QED) is 0.834. The number of rotatable bonds is 5. The van der Waals surface area contributed by atoms with Crippen LogP contribution < -0.4 is 0 Å². The van der Waals surface area contributed by atoms with Crippen LogP contribution in [0.1, 0.15) is 48.7 Å². The second-order valence-electron chi connectivity index (χ2n) is 5.51. The topological polar surface area (TPSA) is 66.2 Å². The highest BCUT2D eigenvalue weighted by Crippen LogP contribution is 2.35. The molecule has 0 N–H and O–H groups in total. The van der Waals surface area contributed by atoms with Gasteiger partial charge in [0.2, 0.25) is 0 Å². The number of likely N-dealkylation sites (tertiary alicyclic amines) is 1. The predicted octanol–water partition coefficient (Wildman–Crippen LogP) is 2.37. The van der Waals surface area contributed by atoms with E-state index < -0.39 is 0 Å². The number of pyridine rings is 1. The summed E-state index contributed by atoms with van der Waals surface area (Å²) in [6.07, 6.45) is 5.37. The molecule has 2 heterocycles. The molecular weight excluding hydrogens is 266 g/mol. The Balaban J connectivity index is 2.29. The van der Waals surface area contributed by atoms with Gasteiger partial charge in [0.05, 0.1) is 23.8 Å². The van der Waals surface area contributed by atoms with Crippen molar-refractivity contribution in [2.24, 2.45) is 0 Å². The smallest absolute Gasteiger partial charge is 0.273 e. The number of amides is 1. The number of hydrogen-bond donors (Lipinski definition) is 0. The zero-order chi connectivity index (χ0) is 15.3. The fraction of sp³-hybridized carbons (Fsp3) is 0.562. The van der Waals surface area contributed by atoms with Gasteiger partial charge in [0.1, 0.15) is 5.69 Å². The van der Waals surface area contributed by atoms with Gasteiger partial charge >= 0.3 is 0 Å². The van der Waals surface area contributed by atoms with E-state index in [1.807, 2.05) is 11.0 Å². The summed E-state index contributed by atoms with van der Waals surface area (Å²) in [5, 5.41) is 8.96. The Morgan fingerprint density at radius 2 is 2.43 bits per heavy atom. The van der Waals surface area contributed by atoms with Crippen molar-refractivity contribution in [3.63, 3.8) is 0 Å². The number of hydrogen-bond acceptors (Lipinski definition) is 4. The molecule has 0 bridgehead atoms. The van der Waals surface area contributed by atoms with E-state index in [1.54, 1.807) is 19.2 Å². The third-order valence-corrected chi connectivity index (χ3v) is 4.08. The fourth-order valence-corrected chi connectivity index (χ4v) is 3.23. The zero-order valence-corrected chi connectivity index (χ0v) is 12.6. The van der Waals surface area contributed by atoms with Crippen molar-refractivity contribution in [1.29, 1.82) is 5.26 Å². The lowest BCUT2D eigenvalue weighted by Gasteiger charge is -2.38.